The summed E-state index contributed by atoms with van der Waals surface area (Å²) in [6, 6.07) is 8.76. The van der Waals surface area contributed by atoms with Gasteiger partial charge in [-0.25, -0.2) is 14.5 Å². The van der Waals surface area contributed by atoms with Crippen molar-refractivity contribution in [3.05, 3.63) is 53.5 Å². The molecule has 0 radical (unpaired) electrons. The standard InChI is InChI=1S/C18H18N4O2/c1-18(2,3)22-11-13(20-21-22)9-8-12-10-15(17(23)24)14-6-4-5-7-16(14)19-12/h4-11H,1-3H3,(H,23,24)/b9-8+. The van der Waals surface area contributed by atoms with Crippen LogP contribution in [-0.2, 0) is 5.54 Å². The van der Waals surface area contributed by atoms with Crippen molar-refractivity contribution in [2.24, 2.45) is 0 Å². The number of benzene rings is 1. The van der Waals surface area contributed by atoms with E-state index in [0.717, 1.165) is 0 Å². The first-order chi connectivity index (χ1) is 11.3. The van der Waals surface area contributed by atoms with Crippen LogP contribution in [0.3, 0.4) is 0 Å². The molecular weight excluding hydrogens is 304 g/mol. The predicted molar refractivity (Wildman–Crippen MR) is 92.6 cm³/mol. The molecule has 0 saturated carbocycles. The van der Waals surface area contributed by atoms with Crippen LogP contribution in [0, 0.1) is 0 Å². The van der Waals surface area contributed by atoms with E-state index in [0.29, 0.717) is 22.3 Å². The summed E-state index contributed by atoms with van der Waals surface area (Å²) in [5, 5.41) is 18.2. The molecule has 3 rings (SSSR count). The number of pyridine rings is 1. The largest absolute Gasteiger partial charge is 0.478 e. The molecule has 0 aliphatic carbocycles. The van der Waals surface area contributed by atoms with Crippen molar-refractivity contribution in [2.45, 2.75) is 26.3 Å². The Morgan fingerprint density at radius 3 is 2.54 bits per heavy atom. The normalized spacial score (nSPS) is 12.1. The maximum absolute atomic E-state index is 11.5. The zero-order valence-corrected chi connectivity index (χ0v) is 13.8. The summed E-state index contributed by atoms with van der Waals surface area (Å²) < 4.78 is 1.78. The summed E-state index contributed by atoms with van der Waals surface area (Å²) in [5.74, 6) is -0.970. The Morgan fingerprint density at radius 1 is 1.17 bits per heavy atom. The SMILES string of the molecule is CC(C)(C)n1cc(/C=C/c2cc(C(=O)O)c3ccccc3n2)nn1. The smallest absolute Gasteiger partial charge is 0.336 e. The number of carbonyl (C=O) groups is 1. The lowest BCUT2D eigenvalue weighted by atomic mass is 10.1. The Bertz CT molecular complexity index is 936. The highest BCUT2D eigenvalue weighted by Crippen LogP contribution is 2.20. The second-order valence-electron chi connectivity index (χ2n) is 6.51. The van der Waals surface area contributed by atoms with E-state index in [-0.39, 0.29) is 11.1 Å². The van der Waals surface area contributed by atoms with Crippen LogP contribution in [0.5, 0.6) is 0 Å². The van der Waals surface area contributed by atoms with Gasteiger partial charge in [-0.05, 0) is 45.1 Å². The van der Waals surface area contributed by atoms with E-state index in [1.165, 1.54) is 0 Å². The molecular formula is C18H18N4O2. The van der Waals surface area contributed by atoms with Crippen LogP contribution in [0.1, 0.15) is 42.5 Å². The van der Waals surface area contributed by atoms with Gasteiger partial charge in [-0.15, -0.1) is 5.10 Å². The van der Waals surface area contributed by atoms with Crippen molar-refractivity contribution in [3.63, 3.8) is 0 Å². The molecule has 0 aliphatic heterocycles. The summed E-state index contributed by atoms with van der Waals surface area (Å²) in [4.78, 5) is 16.0. The lowest BCUT2D eigenvalue weighted by Crippen LogP contribution is -2.22. The third-order valence-corrected chi connectivity index (χ3v) is 3.59. The van der Waals surface area contributed by atoms with Gasteiger partial charge in [-0.2, -0.15) is 0 Å². The number of rotatable bonds is 3. The van der Waals surface area contributed by atoms with Crippen molar-refractivity contribution in [1.29, 1.82) is 0 Å². The first-order valence-corrected chi connectivity index (χ1v) is 7.58. The van der Waals surface area contributed by atoms with Crippen molar-refractivity contribution < 1.29 is 9.90 Å². The average molecular weight is 322 g/mol. The Morgan fingerprint density at radius 2 is 1.88 bits per heavy atom. The van der Waals surface area contributed by atoms with Gasteiger partial charge in [-0.1, -0.05) is 23.4 Å². The fraction of sp³-hybridized carbons (Fsp3) is 0.222. The molecule has 0 atom stereocenters. The number of fused-ring (bicyclic) bond motifs is 1. The van der Waals surface area contributed by atoms with Gasteiger partial charge in [0, 0.05) is 5.39 Å². The Hall–Kier alpha value is -3.02. The third-order valence-electron chi connectivity index (χ3n) is 3.59. The van der Waals surface area contributed by atoms with Crippen LogP contribution in [0.15, 0.2) is 36.5 Å². The molecule has 2 aromatic heterocycles. The molecule has 0 saturated heterocycles. The van der Waals surface area contributed by atoms with Gasteiger partial charge < -0.3 is 5.11 Å². The fourth-order valence-corrected chi connectivity index (χ4v) is 2.31. The molecule has 122 valence electrons. The second-order valence-corrected chi connectivity index (χ2v) is 6.51. The first-order valence-electron chi connectivity index (χ1n) is 7.58. The minimum Gasteiger partial charge on any atom is -0.478 e. The van der Waals surface area contributed by atoms with Crippen molar-refractivity contribution in [2.75, 3.05) is 0 Å². The molecule has 3 aromatic rings. The third kappa shape index (κ3) is 3.17. The molecule has 0 amide bonds. The van der Waals surface area contributed by atoms with Crippen LogP contribution in [0.2, 0.25) is 0 Å². The summed E-state index contributed by atoms with van der Waals surface area (Å²) in [7, 11) is 0. The monoisotopic (exact) mass is 322 g/mol. The number of aromatic carboxylic acids is 1. The zero-order chi connectivity index (χ0) is 17.3. The minimum absolute atomic E-state index is 0.142. The molecule has 0 bridgehead atoms. The van der Waals surface area contributed by atoms with E-state index in [9.17, 15) is 9.90 Å². The first kappa shape index (κ1) is 15.9. The molecule has 1 N–H and O–H groups in total. The maximum atomic E-state index is 11.5. The van der Waals surface area contributed by atoms with E-state index in [1.807, 2.05) is 33.0 Å². The lowest BCUT2D eigenvalue weighted by Gasteiger charge is -2.17. The van der Waals surface area contributed by atoms with E-state index < -0.39 is 5.97 Å². The molecule has 0 fully saturated rings. The molecule has 0 aliphatic rings. The van der Waals surface area contributed by atoms with Gasteiger partial charge in [0.05, 0.1) is 28.5 Å². The maximum Gasteiger partial charge on any atom is 0.336 e. The number of hydrogen-bond acceptors (Lipinski definition) is 4. The predicted octanol–water partition coefficient (Wildman–Crippen LogP) is 3.45. The van der Waals surface area contributed by atoms with Crippen LogP contribution >= 0.6 is 0 Å². The number of carboxylic acids is 1. The van der Waals surface area contributed by atoms with Gasteiger partial charge in [0.25, 0.3) is 0 Å². The van der Waals surface area contributed by atoms with E-state index >= 15 is 0 Å². The zero-order valence-electron chi connectivity index (χ0n) is 13.8. The molecule has 0 spiro atoms. The Kier molecular flexibility index (Phi) is 3.89. The molecule has 24 heavy (non-hydrogen) atoms. The van der Waals surface area contributed by atoms with Gasteiger partial charge in [0.1, 0.15) is 5.69 Å². The summed E-state index contributed by atoms with van der Waals surface area (Å²) in [6.45, 7) is 6.12. The van der Waals surface area contributed by atoms with Crippen LogP contribution in [0.25, 0.3) is 23.1 Å². The van der Waals surface area contributed by atoms with Crippen LogP contribution in [-0.4, -0.2) is 31.1 Å². The quantitative estimate of drug-likeness (QED) is 0.799. The second kappa shape index (κ2) is 5.88. The Labute approximate surface area is 139 Å². The number of carboxylic acid groups (broad SMARTS) is 1. The summed E-state index contributed by atoms with van der Waals surface area (Å²) in [5.41, 5.74) is 2.00. The van der Waals surface area contributed by atoms with Gasteiger partial charge in [0.15, 0.2) is 0 Å². The highest BCUT2D eigenvalue weighted by molar-refractivity contribution is 6.03. The molecule has 6 nitrogen and oxygen atoms in total. The van der Waals surface area contributed by atoms with Crippen molar-refractivity contribution in [1.82, 2.24) is 20.0 Å². The van der Waals surface area contributed by atoms with Crippen molar-refractivity contribution >= 4 is 29.0 Å². The number of aromatic nitrogens is 4. The van der Waals surface area contributed by atoms with Gasteiger partial charge in [-0.3, -0.25) is 0 Å². The highest BCUT2D eigenvalue weighted by Gasteiger charge is 2.14. The number of hydrogen-bond donors (Lipinski definition) is 1. The molecule has 0 unspecified atom stereocenters. The van der Waals surface area contributed by atoms with Gasteiger partial charge in [0.2, 0.25) is 0 Å². The molecule has 1 aromatic carbocycles. The van der Waals surface area contributed by atoms with E-state index in [2.05, 4.69) is 15.3 Å². The van der Waals surface area contributed by atoms with Crippen LogP contribution in [0.4, 0.5) is 0 Å². The fourth-order valence-electron chi connectivity index (χ4n) is 2.31. The lowest BCUT2D eigenvalue weighted by molar-refractivity contribution is 0.0699. The molecule has 6 heteroatoms. The van der Waals surface area contributed by atoms with E-state index in [1.54, 1.807) is 41.1 Å². The van der Waals surface area contributed by atoms with Crippen molar-refractivity contribution in [3.8, 4) is 0 Å². The summed E-state index contributed by atoms with van der Waals surface area (Å²) >= 11 is 0. The molecule has 2 heterocycles. The number of para-hydroxylation sites is 1. The highest BCUT2D eigenvalue weighted by atomic mass is 16.4. The topological polar surface area (TPSA) is 80.9 Å². The minimum atomic E-state index is -0.970. The van der Waals surface area contributed by atoms with E-state index in [4.69, 9.17) is 0 Å². The van der Waals surface area contributed by atoms with Gasteiger partial charge >= 0.3 is 5.97 Å². The summed E-state index contributed by atoms with van der Waals surface area (Å²) in [6.07, 6.45) is 5.36. The average Bonchev–Trinajstić information content (AvgIpc) is 3.01. The Balaban J connectivity index is 1.98. The van der Waals surface area contributed by atoms with Crippen LogP contribution < -0.4 is 0 Å². The number of nitrogens with zero attached hydrogens (tertiary/aromatic N) is 4.